The summed E-state index contributed by atoms with van der Waals surface area (Å²) in [7, 11) is 0. The van der Waals surface area contributed by atoms with Gasteiger partial charge in [-0.2, -0.15) is 9.90 Å². The van der Waals surface area contributed by atoms with Crippen LogP contribution in [0, 0.1) is 6.92 Å². The Hall–Kier alpha value is 0.702. The molecule has 0 aromatic carbocycles. The van der Waals surface area contributed by atoms with Gasteiger partial charge in [0.05, 0.1) is 0 Å². The van der Waals surface area contributed by atoms with Crippen LogP contribution in [0.25, 0.3) is 0 Å². The van der Waals surface area contributed by atoms with Crippen LogP contribution in [0.4, 0.5) is 0 Å². The van der Waals surface area contributed by atoms with E-state index in [-0.39, 0.29) is 30.3 Å². The monoisotopic (exact) mass is 181 g/mol. The fourth-order valence-electron chi connectivity index (χ4n) is 0. The van der Waals surface area contributed by atoms with Crippen molar-refractivity contribution in [2.24, 2.45) is 0 Å². The summed E-state index contributed by atoms with van der Waals surface area (Å²) in [5.74, 6) is 0. The second-order valence-corrected chi connectivity index (χ2v) is 0.289. The van der Waals surface area contributed by atoms with Gasteiger partial charge in [0.2, 0.25) is 0 Å². The van der Waals surface area contributed by atoms with Crippen LogP contribution in [0.2, 0.25) is 0 Å². The van der Waals surface area contributed by atoms with Crippen LogP contribution >= 0.6 is 9.90 Å². The summed E-state index contributed by atoms with van der Waals surface area (Å²) in [5, 5.41) is 0. The molecule has 0 aliphatic carbocycles. The summed E-state index contributed by atoms with van der Waals surface area (Å²) in [5.41, 5.74) is 0. The van der Waals surface area contributed by atoms with E-state index in [2.05, 4.69) is 13.5 Å². The summed E-state index contributed by atoms with van der Waals surface area (Å²) in [6, 6.07) is 0. The van der Waals surface area contributed by atoms with Crippen molar-refractivity contribution in [3.05, 3.63) is 19.6 Å². The van der Waals surface area contributed by atoms with E-state index in [1.165, 1.54) is 6.08 Å². The quantitative estimate of drug-likeness (QED) is 0.298. The number of allylic oxidation sites excluding steroid dienone is 1. The number of rotatable bonds is 0. The molecule has 0 radical (unpaired) electrons. The van der Waals surface area contributed by atoms with E-state index in [9.17, 15) is 0 Å². The van der Waals surface area contributed by atoms with E-state index < -0.39 is 0 Å². The molecule has 0 fully saturated rings. The molecular weight excluding hydrogens is 173 g/mol. The maximum Gasteiger partial charge on any atom is 0 e. The molecule has 0 saturated carbocycles. The van der Waals surface area contributed by atoms with Gasteiger partial charge in [0, 0.05) is 20.4 Å². The second kappa shape index (κ2) is 22.2. The molecule has 36 valence electrons. The van der Waals surface area contributed by atoms with Gasteiger partial charge in [-0.25, -0.2) is 19.6 Å². The number of hydrogen-bond acceptors (Lipinski definition) is 0. The molecule has 1 atom stereocenters. The Kier molecular flexibility index (Phi) is 76.8. The maximum absolute atomic E-state index is 3.25. The van der Waals surface area contributed by atoms with Gasteiger partial charge >= 0.3 is 0 Å². The van der Waals surface area contributed by atoms with Crippen molar-refractivity contribution in [2.45, 2.75) is 0 Å². The van der Waals surface area contributed by atoms with Crippen molar-refractivity contribution in [2.75, 3.05) is 0 Å². The van der Waals surface area contributed by atoms with Crippen LogP contribution in [0.5, 0.6) is 0 Å². The molecule has 0 spiro atoms. The normalized spacial score (nSPS) is 2.40. The van der Waals surface area contributed by atoms with Gasteiger partial charge in [0.1, 0.15) is 0 Å². The largest absolute Gasteiger partial charge is 0.245 e. The van der Waals surface area contributed by atoms with Gasteiger partial charge in [-0.3, -0.25) is 0 Å². The Labute approximate surface area is 50.3 Å². The Balaban J connectivity index is -0.0000000200. The predicted octanol–water partition coefficient (Wildman–Crippen LogP) is 1.06. The Bertz CT molecular complexity index is 14.4. The first-order chi connectivity index (χ1) is 1.41. The SMILES string of the molecule is C=C[CH2-].P.[Pd]. The zero-order chi connectivity index (χ0) is 2.71. The first-order valence-corrected chi connectivity index (χ1v) is 0.816. The van der Waals surface area contributed by atoms with E-state index in [4.69, 9.17) is 0 Å². The average molecular weight is 181 g/mol. The molecule has 0 amide bonds. The molecule has 0 heterocycles. The minimum absolute atomic E-state index is 0. The molecule has 0 bridgehead atoms. The van der Waals surface area contributed by atoms with Gasteiger partial charge in [-0.05, 0) is 0 Å². The minimum Gasteiger partial charge on any atom is -0.245 e. The summed E-state index contributed by atoms with van der Waals surface area (Å²) in [6.45, 7) is 6.50. The molecule has 5 heavy (non-hydrogen) atoms. The maximum atomic E-state index is 3.25. The molecular formula is C3H8PPd-. The average Bonchev–Trinajstić information content (AvgIpc) is 0.918. The van der Waals surface area contributed by atoms with Crippen LogP contribution in [-0.4, -0.2) is 0 Å². The molecule has 0 aromatic rings. The molecule has 0 rings (SSSR count). The Morgan fingerprint density at radius 1 is 1.60 bits per heavy atom. The Morgan fingerprint density at radius 3 is 1.60 bits per heavy atom. The molecule has 0 aliphatic heterocycles. The smallest absolute Gasteiger partial charge is 0 e. The first kappa shape index (κ1) is 17.3. The number of hydrogen-bond donors (Lipinski definition) is 0. The summed E-state index contributed by atoms with van der Waals surface area (Å²) >= 11 is 0. The zero-order valence-electron chi connectivity index (χ0n) is 3.01. The fourth-order valence-corrected chi connectivity index (χ4v) is 0. The fraction of sp³-hybridized carbons (Fsp3) is 0. The first-order valence-electron chi connectivity index (χ1n) is 0.816. The van der Waals surface area contributed by atoms with Gasteiger partial charge in [-0.1, -0.05) is 0 Å². The van der Waals surface area contributed by atoms with Gasteiger partial charge in [0.15, 0.2) is 0 Å². The third kappa shape index (κ3) is 69.6. The molecule has 0 nitrogen and oxygen atoms in total. The van der Waals surface area contributed by atoms with Crippen molar-refractivity contribution in [3.8, 4) is 0 Å². The topological polar surface area (TPSA) is 0 Å². The molecule has 0 saturated heterocycles. The van der Waals surface area contributed by atoms with Crippen LogP contribution in [0.1, 0.15) is 0 Å². The minimum atomic E-state index is 0. The van der Waals surface area contributed by atoms with E-state index in [0.717, 1.165) is 0 Å². The molecule has 0 N–H and O–H groups in total. The van der Waals surface area contributed by atoms with Crippen LogP contribution in [0.3, 0.4) is 0 Å². The third-order valence-corrected chi connectivity index (χ3v) is 0. The van der Waals surface area contributed by atoms with Gasteiger partial charge in [0.25, 0.3) is 0 Å². The van der Waals surface area contributed by atoms with Crippen molar-refractivity contribution in [1.82, 2.24) is 0 Å². The predicted molar refractivity (Wildman–Crippen MR) is 26.7 cm³/mol. The Morgan fingerprint density at radius 2 is 1.60 bits per heavy atom. The van der Waals surface area contributed by atoms with Crippen molar-refractivity contribution in [1.29, 1.82) is 0 Å². The summed E-state index contributed by atoms with van der Waals surface area (Å²) in [4.78, 5) is 0. The summed E-state index contributed by atoms with van der Waals surface area (Å²) < 4.78 is 0. The molecule has 0 aromatic heterocycles. The van der Waals surface area contributed by atoms with E-state index in [1.54, 1.807) is 0 Å². The van der Waals surface area contributed by atoms with Gasteiger partial charge < -0.3 is 0 Å². The van der Waals surface area contributed by atoms with Crippen molar-refractivity contribution in [3.63, 3.8) is 0 Å². The molecule has 2 heteroatoms. The van der Waals surface area contributed by atoms with E-state index in [1.807, 2.05) is 0 Å². The second-order valence-electron chi connectivity index (χ2n) is 0.289. The summed E-state index contributed by atoms with van der Waals surface area (Å²) in [6.07, 6.45) is 1.50. The van der Waals surface area contributed by atoms with Crippen molar-refractivity contribution < 1.29 is 20.4 Å². The van der Waals surface area contributed by atoms with E-state index >= 15 is 0 Å². The van der Waals surface area contributed by atoms with Crippen LogP contribution in [-0.2, 0) is 20.4 Å². The standard InChI is InChI=1S/C3H5.H3P.Pd/c1-3-2;;/h3H,1-2H2;1H3;/q-1;;. The van der Waals surface area contributed by atoms with Crippen LogP contribution < -0.4 is 0 Å². The van der Waals surface area contributed by atoms with Crippen molar-refractivity contribution >= 4 is 9.90 Å². The molecule has 0 aliphatic rings. The third-order valence-electron chi connectivity index (χ3n) is 0. The van der Waals surface area contributed by atoms with Crippen LogP contribution in [0.15, 0.2) is 12.7 Å². The zero-order valence-corrected chi connectivity index (χ0v) is 5.98. The molecule has 1 unspecified atom stereocenters. The van der Waals surface area contributed by atoms with E-state index in [0.29, 0.717) is 0 Å². The van der Waals surface area contributed by atoms with Gasteiger partial charge in [-0.15, -0.1) is 0 Å².